The normalized spacial score (nSPS) is 14.6. The van der Waals surface area contributed by atoms with Gasteiger partial charge in [0.15, 0.2) is 6.61 Å². The summed E-state index contributed by atoms with van der Waals surface area (Å²) >= 11 is 6.70. The summed E-state index contributed by atoms with van der Waals surface area (Å²) in [5.41, 5.74) is 0.810. The second kappa shape index (κ2) is 10.2. The third-order valence-corrected chi connectivity index (χ3v) is 5.37. The number of imide groups is 1. The molecule has 2 N–H and O–H groups in total. The van der Waals surface area contributed by atoms with Gasteiger partial charge in [-0.3, -0.25) is 19.3 Å². The van der Waals surface area contributed by atoms with Crippen molar-refractivity contribution in [3.8, 4) is 11.5 Å². The van der Waals surface area contributed by atoms with Gasteiger partial charge in [0.2, 0.25) is 5.91 Å². The number of nitrogens with one attached hydrogen (secondary N) is 1. The number of ether oxygens (including phenoxy) is 2. The molecule has 0 atom stereocenters. The van der Waals surface area contributed by atoms with Gasteiger partial charge in [-0.05, 0) is 42.1 Å². The molecular weight excluding hydrogens is 460 g/mol. The lowest BCUT2D eigenvalue weighted by Crippen LogP contribution is -2.36. The number of aliphatic carboxylic acids is 1. The average Bonchev–Trinajstić information content (AvgIpc) is 3.00. The molecule has 166 valence electrons. The molecule has 0 aromatic heterocycles. The van der Waals surface area contributed by atoms with E-state index in [1.54, 1.807) is 36.4 Å². The second-order valence-corrected chi connectivity index (χ2v) is 7.79. The van der Waals surface area contributed by atoms with Gasteiger partial charge in [0.05, 0.1) is 17.0 Å². The molecule has 2 aromatic rings. The van der Waals surface area contributed by atoms with E-state index in [9.17, 15) is 19.2 Å². The van der Waals surface area contributed by atoms with Crippen LogP contribution < -0.4 is 14.8 Å². The standard InChI is InChI=1S/C21H17ClN2O7S/c1-30-16-7-6-13(9-14(16)22)23-18(25)10-24-20(28)17(32-21(24)29)8-12-4-2-3-5-15(12)31-11-19(26)27/h2-9H,10-11H2,1H3,(H,23,25)(H,26,27)/b17-8+. The molecule has 0 bridgehead atoms. The molecule has 0 spiro atoms. The predicted octanol–water partition coefficient (Wildman–Crippen LogP) is 3.49. The van der Waals surface area contributed by atoms with Gasteiger partial charge in [-0.15, -0.1) is 0 Å². The molecule has 2 aromatic carbocycles. The highest BCUT2D eigenvalue weighted by Crippen LogP contribution is 2.34. The number of anilines is 1. The molecule has 3 amide bonds. The number of methoxy groups -OCH3 is 1. The molecule has 3 rings (SSSR count). The van der Waals surface area contributed by atoms with Gasteiger partial charge in [-0.1, -0.05) is 29.8 Å². The quantitative estimate of drug-likeness (QED) is 0.555. The van der Waals surface area contributed by atoms with Gasteiger partial charge in [0, 0.05) is 11.3 Å². The number of para-hydroxylation sites is 1. The Balaban J connectivity index is 1.70. The van der Waals surface area contributed by atoms with Crippen LogP contribution in [0.4, 0.5) is 10.5 Å². The number of carbonyl (C=O) groups is 4. The van der Waals surface area contributed by atoms with Crippen molar-refractivity contribution in [2.24, 2.45) is 0 Å². The number of benzene rings is 2. The fourth-order valence-electron chi connectivity index (χ4n) is 2.74. The number of halogens is 1. The summed E-state index contributed by atoms with van der Waals surface area (Å²) in [5, 5.41) is 11.1. The molecule has 9 nitrogen and oxygen atoms in total. The lowest BCUT2D eigenvalue weighted by molar-refractivity contribution is -0.139. The van der Waals surface area contributed by atoms with E-state index in [4.69, 9.17) is 26.2 Å². The highest BCUT2D eigenvalue weighted by atomic mass is 35.5. The smallest absolute Gasteiger partial charge is 0.341 e. The van der Waals surface area contributed by atoms with Crippen LogP contribution in [0.5, 0.6) is 11.5 Å². The Morgan fingerprint density at radius 3 is 2.62 bits per heavy atom. The summed E-state index contributed by atoms with van der Waals surface area (Å²) in [6, 6.07) is 11.1. The zero-order chi connectivity index (χ0) is 23.3. The number of thioether (sulfide) groups is 1. The van der Waals surface area contributed by atoms with E-state index >= 15 is 0 Å². The van der Waals surface area contributed by atoms with Crippen LogP contribution in [-0.4, -0.2) is 53.3 Å². The van der Waals surface area contributed by atoms with Crippen molar-refractivity contribution in [2.75, 3.05) is 25.6 Å². The Labute approximate surface area is 191 Å². The maximum atomic E-state index is 12.7. The van der Waals surface area contributed by atoms with Crippen molar-refractivity contribution < 1.29 is 33.8 Å². The Bertz CT molecular complexity index is 1120. The molecule has 1 fully saturated rings. The summed E-state index contributed by atoms with van der Waals surface area (Å²) in [6.07, 6.45) is 1.42. The number of hydrogen-bond donors (Lipinski definition) is 2. The molecule has 32 heavy (non-hydrogen) atoms. The van der Waals surface area contributed by atoms with Crippen molar-refractivity contribution in [1.82, 2.24) is 4.90 Å². The second-order valence-electron chi connectivity index (χ2n) is 6.39. The summed E-state index contributed by atoms with van der Waals surface area (Å²) < 4.78 is 10.3. The van der Waals surface area contributed by atoms with Crippen LogP contribution >= 0.6 is 23.4 Å². The molecule has 0 saturated carbocycles. The lowest BCUT2D eigenvalue weighted by Gasteiger charge is -2.13. The summed E-state index contributed by atoms with van der Waals surface area (Å²) in [4.78, 5) is 49.0. The monoisotopic (exact) mass is 476 g/mol. The minimum atomic E-state index is -1.15. The number of hydrogen-bond acceptors (Lipinski definition) is 7. The number of amides is 3. The number of nitrogens with zero attached hydrogens (tertiary/aromatic N) is 1. The Hall–Kier alpha value is -3.50. The first kappa shape index (κ1) is 23.2. The van der Waals surface area contributed by atoms with Crippen molar-refractivity contribution >= 4 is 58.1 Å². The van der Waals surface area contributed by atoms with E-state index in [0.717, 1.165) is 4.90 Å². The lowest BCUT2D eigenvalue weighted by atomic mass is 10.2. The van der Waals surface area contributed by atoms with Crippen molar-refractivity contribution in [3.05, 3.63) is 58.0 Å². The first-order valence-corrected chi connectivity index (χ1v) is 10.3. The van der Waals surface area contributed by atoms with E-state index < -0.39 is 36.2 Å². The van der Waals surface area contributed by atoms with E-state index in [0.29, 0.717) is 33.8 Å². The summed E-state index contributed by atoms with van der Waals surface area (Å²) in [5.74, 6) is -1.69. The van der Waals surface area contributed by atoms with E-state index in [2.05, 4.69) is 5.32 Å². The van der Waals surface area contributed by atoms with Crippen LogP contribution in [0.3, 0.4) is 0 Å². The third-order valence-electron chi connectivity index (χ3n) is 4.17. The van der Waals surface area contributed by atoms with E-state index in [1.807, 2.05) is 0 Å². The SMILES string of the molecule is COc1ccc(NC(=O)CN2C(=O)S/C(=C/c3ccccc3OCC(=O)O)C2=O)cc1Cl. The topological polar surface area (TPSA) is 122 Å². The van der Waals surface area contributed by atoms with Gasteiger partial charge in [0.25, 0.3) is 11.1 Å². The van der Waals surface area contributed by atoms with Crippen molar-refractivity contribution in [3.63, 3.8) is 0 Å². The Morgan fingerprint density at radius 2 is 1.94 bits per heavy atom. The first-order valence-electron chi connectivity index (χ1n) is 9.11. The fraction of sp³-hybridized carbons (Fsp3) is 0.143. The summed E-state index contributed by atoms with van der Waals surface area (Å²) in [7, 11) is 1.46. The molecule has 1 aliphatic rings. The zero-order valence-electron chi connectivity index (χ0n) is 16.7. The number of carbonyl (C=O) groups excluding carboxylic acids is 3. The molecule has 0 aliphatic carbocycles. The molecular formula is C21H17ClN2O7S. The maximum absolute atomic E-state index is 12.7. The van der Waals surface area contributed by atoms with Gasteiger partial charge in [-0.2, -0.15) is 0 Å². The molecule has 1 saturated heterocycles. The van der Waals surface area contributed by atoms with Gasteiger partial charge < -0.3 is 19.9 Å². The van der Waals surface area contributed by atoms with Gasteiger partial charge in [-0.25, -0.2) is 4.79 Å². The third kappa shape index (κ3) is 5.59. The van der Waals surface area contributed by atoms with E-state index in [1.165, 1.54) is 19.3 Å². The highest BCUT2D eigenvalue weighted by molar-refractivity contribution is 8.18. The largest absolute Gasteiger partial charge is 0.495 e. The molecule has 11 heteroatoms. The van der Waals surface area contributed by atoms with Crippen molar-refractivity contribution in [2.45, 2.75) is 0 Å². The average molecular weight is 477 g/mol. The highest BCUT2D eigenvalue weighted by Gasteiger charge is 2.36. The summed E-state index contributed by atoms with van der Waals surface area (Å²) in [6.45, 7) is -1.04. The number of rotatable bonds is 8. The van der Waals surface area contributed by atoms with E-state index in [-0.39, 0.29) is 10.7 Å². The molecule has 0 unspecified atom stereocenters. The fourth-order valence-corrected chi connectivity index (χ4v) is 3.82. The van der Waals surface area contributed by atoms with Crippen LogP contribution in [-0.2, 0) is 14.4 Å². The first-order chi connectivity index (χ1) is 15.3. The minimum absolute atomic E-state index is 0.0849. The molecule has 1 aliphatic heterocycles. The van der Waals surface area contributed by atoms with Crippen LogP contribution in [0.1, 0.15) is 5.56 Å². The molecule has 0 radical (unpaired) electrons. The van der Waals surface area contributed by atoms with Crippen LogP contribution in [0.25, 0.3) is 6.08 Å². The predicted molar refractivity (Wildman–Crippen MR) is 119 cm³/mol. The zero-order valence-corrected chi connectivity index (χ0v) is 18.2. The van der Waals surface area contributed by atoms with Crippen LogP contribution in [0.2, 0.25) is 5.02 Å². The maximum Gasteiger partial charge on any atom is 0.341 e. The Morgan fingerprint density at radius 1 is 1.19 bits per heavy atom. The Kier molecular flexibility index (Phi) is 7.39. The molecule has 1 heterocycles. The van der Waals surface area contributed by atoms with Crippen LogP contribution in [0, 0.1) is 0 Å². The minimum Gasteiger partial charge on any atom is -0.495 e. The number of carboxylic acid groups (broad SMARTS) is 1. The van der Waals surface area contributed by atoms with Gasteiger partial charge >= 0.3 is 5.97 Å². The van der Waals surface area contributed by atoms with Crippen LogP contribution in [0.15, 0.2) is 47.4 Å². The van der Waals surface area contributed by atoms with Gasteiger partial charge in [0.1, 0.15) is 18.0 Å². The van der Waals surface area contributed by atoms with Crippen molar-refractivity contribution in [1.29, 1.82) is 0 Å². The number of carboxylic acids is 1.